The van der Waals surface area contributed by atoms with Crippen molar-refractivity contribution in [3.63, 3.8) is 0 Å². The van der Waals surface area contributed by atoms with Gasteiger partial charge in [-0.2, -0.15) is 0 Å². The van der Waals surface area contributed by atoms with Crippen molar-refractivity contribution < 1.29 is 0 Å². The first-order chi connectivity index (χ1) is 33.2. The Morgan fingerprint density at radius 2 is 0.627 bits per heavy atom. The van der Waals surface area contributed by atoms with Gasteiger partial charge in [-0.05, 0) is 136 Å². The SMILES string of the molecule is c1ccc(-c2ccc(-c3ccc(N(c4ccc(-c5cccc(-c6cccc7ccccc67)c5)cc4)c4cc(-c5cc6ccccc6c6ccccc56)ccc4-c4ccccc4)cc3)cc2)cc1. The Balaban J connectivity index is 1.00. The zero-order valence-corrected chi connectivity index (χ0v) is 36.9. The Labute approximate surface area is 392 Å². The molecule has 0 aliphatic heterocycles. The number of rotatable bonds is 9. The second-order valence-corrected chi connectivity index (χ2v) is 17.3. The molecule has 0 atom stereocenters. The standard InChI is InChI=1S/C66H45N/c1-3-15-46(16-4-1)47-29-31-48(32-30-47)49-33-38-57(39-34-49)67(58-40-35-50(36-41-58)53-22-13-23-54(43-53)60-28-14-21-51-19-7-9-24-59(51)60)66-45-56(37-42-62(66)52-17-5-2-6-18-52)65-44-55-20-8-10-25-61(55)63-26-11-12-27-64(63)65/h1-45H. The van der Waals surface area contributed by atoms with Crippen LogP contribution in [-0.2, 0) is 0 Å². The van der Waals surface area contributed by atoms with Crippen molar-refractivity contribution in [3.8, 4) is 66.8 Å². The minimum absolute atomic E-state index is 1.08. The molecule has 1 heteroatoms. The van der Waals surface area contributed by atoms with E-state index < -0.39 is 0 Å². The van der Waals surface area contributed by atoms with Gasteiger partial charge in [-0.15, -0.1) is 0 Å². The number of hydrogen-bond donors (Lipinski definition) is 0. The smallest absolute Gasteiger partial charge is 0.0546 e. The van der Waals surface area contributed by atoms with Crippen molar-refractivity contribution in [1.29, 1.82) is 0 Å². The van der Waals surface area contributed by atoms with Crippen LogP contribution < -0.4 is 4.90 Å². The first-order valence-corrected chi connectivity index (χ1v) is 23.1. The predicted molar refractivity (Wildman–Crippen MR) is 286 cm³/mol. The van der Waals surface area contributed by atoms with Crippen LogP contribution in [0.25, 0.3) is 99.1 Å². The highest BCUT2D eigenvalue weighted by atomic mass is 15.1. The summed E-state index contributed by atoms with van der Waals surface area (Å²) in [6.45, 7) is 0. The maximum absolute atomic E-state index is 2.44. The van der Waals surface area contributed by atoms with Gasteiger partial charge in [0.05, 0.1) is 5.69 Å². The van der Waals surface area contributed by atoms with E-state index in [1.165, 1.54) is 88.0 Å². The van der Waals surface area contributed by atoms with Gasteiger partial charge in [-0.25, -0.2) is 0 Å². The summed E-state index contributed by atoms with van der Waals surface area (Å²) < 4.78 is 0. The highest BCUT2D eigenvalue weighted by Gasteiger charge is 2.20. The number of benzene rings is 12. The maximum Gasteiger partial charge on any atom is 0.0546 e. The minimum Gasteiger partial charge on any atom is -0.310 e. The lowest BCUT2D eigenvalue weighted by Gasteiger charge is -2.29. The highest BCUT2D eigenvalue weighted by Crippen LogP contribution is 2.45. The van der Waals surface area contributed by atoms with Gasteiger partial charge in [0.2, 0.25) is 0 Å². The van der Waals surface area contributed by atoms with E-state index in [4.69, 9.17) is 0 Å². The molecule has 0 spiro atoms. The van der Waals surface area contributed by atoms with Crippen molar-refractivity contribution >= 4 is 49.4 Å². The molecule has 0 amide bonds. The molecule has 0 unspecified atom stereocenters. The molecule has 1 nitrogen and oxygen atoms in total. The third-order valence-electron chi connectivity index (χ3n) is 13.3. The second kappa shape index (κ2) is 17.3. The zero-order valence-electron chi connectivity index (χ0n) is 36.9. The maximum atomic E-state index is 2.44. The molecular formula is C66H45N. The second-order valence-electron chi connectivity index (χ2n) is 17.3. The zero-order chi connectivity index (χ0) is 44.5. The molecule has 0 aliphatic carbocycles. The van der Waals surface area contributed by atoms with E-state index in [0.29, 0.717) is 0 Å². The van der Waals surface area contributed by atoms with Gasteiger partial charge in [-0.1, -0.05) is 231 Å². The van der Waals surface area contributed by atoms with E-state index in [-0.39, 0.29) is 0 Å². The van der Waals surface area contributed by atoms with Gasteiger partial charge in [0.1, 0.15) is 0 Å². The van der Waals surface area contributed by atoms with Crippen LogP contribution in [0.4, 0.5) is 17.1 Å². The number of fused-ring (bicyclic) bond motifs is 4. The van der Waals surface area contributed by atoms with E-state index in [0.717, 1.165) is 28.2 Å². The Morgan fingerprint density at radius 3 is 1.30 bits per heavy atom. The topological polar surface area (TPSA) is 3.24 Å². The lowest BCUT2D eigenvalue weighted by Crippen LogP contribution is -2.11. The fourth-order valence-corrected chi connectivity index (χ4v) is 9.90. The Kier molecular flexibility index (Phi) is 10.3. The number of anilines is 3. The van der Waals surface area contributed by atoms with Gasteiger partial charge in [-0.3, -0.25) is 0 Å². The van der Waals surface area contributed by atoms with Gasteiger partial charge >= 0.3 is 0 Å². The molecule has 12 rings (SSSR count). The third-order valence-corrected chi connectivity index (χ3v) is 13.3. The first kappa shape index (κ1) is 39.8. The van der Waals surface area contributed by atoms with E-state index >= 15 is 0 Å². The van der Waals surface area contributed by atoms with Crippen LogP contribution in [0, 0.1) is 0 Å². The van der Waals surface area contributed by atoms with Crippen LogP contribution in [0.5, 0.6) is 0 Å². The van der Waals surface area contributed by atoms with Crippen LogP contribution in [0.2, 0.25) is 0 Å². The van der Waals surface area contributed by atoms with Crippen LogP contribution in [0.3, 0.4) is 0 Å². The average molecular weight is 852 g/mol. The Morgan fingerprint density at radius 1 is 0.194 bits per heavy atom. The van der Waals surface area contributed by atoms with Crippen LogP contribution in [0.1, 0.15) is 0 Å². The third kappa shape index (κ3) is 7.63. The van der Waals surface area contributed by atoms with Crippen molar-refractivity contribution in [1.82, 2.24) is 0 Å². The molecule has 0 N–H and O–H groups in total. The molecule has 12 aromatic rings. The average Bonchev–Trinajstić information content (AvgIpc) is 3.41. The molecule has 0 radical (unpaired) electrons. The van der Waals surface area contributed by atoms with Gasteiger partial charge < -0.3 is 4.90 Å². The van der Waals surface area contributed by atoms with Crippen molar-refractivity contribution in [2.24, 2.45) is 0 Å². The van der Waals surface area contributed by atoms with Crippen molar-refractivity contribution in [3.05, 3.63) is 273 Å². The summed E-state index contributed by atoms with van der Waals surface area (Å²) in [6.07, 6.45) is 0. The van der Waals surface area contributed by atoms with Crippen molar-refractivity contribution in [2.75, 3.05) is 4.90 Å². The normalized spacial score (nSPS) is 11.3. The van der Waals surface area contributed by atoms with Crippen LogP contribution in [-0.4, -0.2) is 0 Å². The summed E-state index contributed by atoms with van der Waals surface area (Å²) in [5.41, 5.74) is 17.5. The molecular weight excluding hydrogens is 807 g/mol. The van der Waals surface area contributed by atoms with Crippen LogP contribution >= 0.6 is 0 Å². The minimum atomic E-state index is 1.08. The summed E-state index contributed by atoms with van der Waals surface area (Å²) >= 11 is 0. The van der Waals surface area contributed by atoms with E-state index in [9.17, 15) is 0 Å². The Hall–Kier alpha value is -8.78. The quantitative estimate of drug-likeness (QED) is 0.131. The molecule has 0 bridgehead atoms. The fourth-order valence-electron chi connectivity index (χ4n) is 9.90. The summed E-state index contributed by atoms with van der Waals surface area (Å²) in [6, 6.07) is 99.5. The fraction of sp³-hybridized carbons (Fsp3) is 0. The molecule has 314 valence electrons. The summed E-state index contributed by atoms with van der Waals surface area (Å²) in [7, 11) is 0. The summed E-state index contributed by atoms with van der Waals surface area (Å²) in [5.74, 6) is 0. The molecule has 12 aromatic carbocycles. The molecule has 0 heterocycles. The molecule has 67 heavy (non-hydrogen) atoms. The lowest BCUT2D eigenvalue weighted by atomic mass is 9.91. The lowest BCUT2D eigenvalue weighted by molar-refractivity contribution is 1.28. The summed E-state index contributed by atoms with van der Waals surface area (Å²) in [5, 5.41) is 7.50. The molecule has 0 saturated heterocycles. The van der Waals surface area contributed by atoms with E-state index in [1.807, 2.05) is 0 Å². The number of nitrogens with zero attached hydrogens (tertiary/aromatic N) is 1. The van der Waals surface area contributed by atoms with Gasteiger partial charge in [0, 0.05) is 16.9 Å². The molecule has 0 saturated carbocycles. The van der Waals surface area contributed by atoms with E-state index in [2.05, 4.69) is 278 Å². The van der Waals surface area contributed by atoms with Crippen molar-refractivity contribution in [2.45, 2.75) is 0 Å². The van der Waals surface area contributed by atoms with Gasteiger partial charge in [0.25, 0.3) is 0 Å². The molecule has 0 aromatic heterocycles. The van der Waals surface area contributed by atoms with Gasteiger partial charge in [0.15, 0.2) is 0 Å². The first-order valence-electron chi connectivity index (χ1n) is 23.1. The molecule has 0 fully saturated rings. The monoisotopic (exact) mass is 851 g/mol. The van der Waals surface area contributed by atoms with E-state index in [1.54, 1.807) is 0 Å². The summed E-state index contributed by atoms with van der Waals surface area (Å²) in [4.78, 5) is 2.44. The Bertz CT molecular complexity index is 3700. The molecule has 0 aliphatic rings. The van der Waals surface area contributed by atoms with Crippen LogP contribution in [0.15, 0.2) is 273 Å². The highest BCUT2D eigenvalue weighted by molar-refractivity contribution is 6.14. The number of hydrogen-bond acceptors (Lipinski definition) is 1. The largest absolute Gasteiger partial charge is 0.310 e. The predicted octanol–water partition coefficient (Wildman–Crippen LogP) is 18.6.